The van der Waals surface area contributed by atoms with Crippen LogP contribution < -0.4 is 0 Å². The molecule has 0 radical (unpaired) electrons. The molecule has 8 nitrogen and oxygen atoms in total. The molecule has 3 amide bonds. The third kappa shape index (κ3) is 6.89. The van der Waals surface area contributed by atoms with Gasteiger partial charge in [0.15, 0.2) is 0 Å². The molecule has 1 unspecified atom stereocenters. The Bertz CT molecular complexity index is 1340. The van der Waals surface area contributed by atoms with Gasteiger partial charge in [-0.25, -0.2) is 0 Å². The highest BCUT2D eigenvalue weighted by Crippen LogP contribution is 2.39. The number of H-pyrrole nitrogens is 1. The second-order valence-corrected chi connectivity index (χ2v) is 10.9. The zero-order chi connectivity index (χ0) is 27.9. The molecule has 1 atom stereocenters. The van der Waals surface area contributed by atoms with Gasteiger partial charge in [-0.15, -0.1) is 0 Å². The predicted molar refractivity (Wildman–Crippen MR) is 155 cm³/mol. The van der Waals surface area contributed by atoms with Gasteiger partial charge < -0.3 is 24.8 Å². The Kier molecular flexibility index (Phi) is 9.45. The van der Waals surface area contributed by atoms with E-state index in [1.165, 1.54) is 0 Å². The third-order valence-corrected chi connectivity index (χ3v) is 7.72. The first-order valence-electron chi connectivity index (χ1n) is 13.3. The van der Waals surface area contributed by atoms with E-state index in [2.05, 4.69) is 27.8 Å². The molecule has 3 heterocycles. The number of rotatable bonds is 7. The summed E-state index contributed by atoms with van der Waals surface area (Å²) in [6, 6.07) is 13.2. The number of aromatic nitrogens is 1. The number of unbranched alkanes of at least 4 members (excludes halogenated alkanes) is 1. The number of benzene rings is 2. The summed E-state index contributed by atoms with van der Waals surface area (Å²) < 4.78 is 1.02. The molecule has 0 aliphatic carbocycles. The van der Waals surface area contributed by atoms with Gasteiger partial charge in [0.2, 0.25) is 18.2 Å². The summed E-state index contributed by atoms with van der Waals surface area (Å²) in [6.07, 6.45) is 7.17. The summed E-state index contributed by atoms with van der Waals surface area (Å²) in [5.41, 5.74) is 4.02. The van der Waals surface area contributed by atoms with Gasteiger partial charge in [0.05, 0.1) is 6.04 Å². The summed E-state index contributed by atoms with van der Waals surface area (Å²) in [7, 11) is 0. The second-order valence-electron chi connectivity index (χ2n) is 9.98. The summed E-state index contributed by atoms with van der Waals surface area (Å²) in [5.74, 6) is 0.485. The Morgan fingerprint density at radius 3 is 2.51 bits per heavy atom. The van der Waals surface area contributed by atoms with Crippen LogP contribution in [-0.4, -0.2) is 69.2 Å². The average molecular weight is 596 g/mol. The van der Waals surface area contributed by atoms with Crippen LogP contribution in [0.3, 0.4) is 0 Å². The lowest BCUT2D eigenvalue weighted by molar-refractivity contribution is -0.135. The summed E-state index contributed by atoms with van der Waals surface area (Å²) in [5, 5.41) is 10.7. The van der Waals surface area contributed by atoms with Crippen LogP contribution in [0.1, 0.15) is 50.3 Å². The molecular formula is C30H35BrN4O4. The fourth-order valence-corrected chi connectivity index (χ4v) is 5.29. The van der Waals surface area contributed by atoms with Crippen molar-refractivity contribution in [3.05, 3.63) is 75.9 Å². The van der Waals surface area contributed by atoms with Gasteiger partial charge >= 0.3 is 0 Å². The van der Waals surface area contributed by atoms with E-state index in [0.29, 0.717) is 39.1 Å². The van der Waals surface area contributed by atoms with Crippen molar-refractivity contribution in [2.75, 3.05) is 26.2 Å². The SMILES string of the molecule is CC1=CC(=O)N(Cc2ccc(Br)cc2)C1c1c[nH]c2cc(O)ccc12.CCCCC(=O)N1CCN(C=O)CC1. The van der Waals surface area contributed by atoms with Crippen LogP contribution in [0.5, 0.6) is 5.75 Å². The van der Waals surface area contributed by atoms with Gasteiger partial charge in [0.1, 0.15) is 5.75 Å². The van der Waals surface area contributed by atoms with Crippen molar-refractivity contribution in [3.63, 3.8) is 0 Å². The number of fused-ring (bicyclic) bond motifs is 1. The molecule has 0 bridgehead atoms. The monoisotopic (exact) mass is 594 g/mol. The highest BCUT2D eigenvalue weighted by Gasteiger charge is 2.33. The first-order chi connectivity index (χ1) is 18.8. The zero-order valence-electron chi connectivity index (χ0n) is 22.4. The van der Waals surface area contributed by atoms with Crippen LogP contribution in [0, 0.1) is 0 Å². The number of aromatic hydroxyl groups is 1. The van der Waals surface area contributed by atoms with E-state index >= 15 is 0 Å². The van der Waals surface area contributed by atoms with Crippen LogP contribution in [-0.2, 0) is 20.9 Å². The molecule has 3 aromatic rings. The summed E-state index contributed by atoms with van der Waals surface area (Å²) >= 11 is 3.44. The molecule has 1 aromatic heterocycles. The minimum Gasteiger partial charge on any atom is -0.508 e. The van der Waals surface area contributed by atoms with Crippen molar-refractivity contribution >= 4 is 45.1 Å². The topological polar surface area (TPSA) is 96.9 Å². The molecule has 2 aliphatic rings. The molecule has 0 saturated carbocycles. The number of hydrogen-bond acceptors (Lipinski definition) is 4. The number of nitrogens with zero attached hydrogens (tertiary/aromatic N) is 3. The van der Waals surface area contributed by atoms with Crippen LogP contribution in [0.4, 0.5) is 0 Å². The zero-order valence-corrected chi connectivity index (χ0v) is 24.0. The van der Waals surface area contributed by atoms with Crippen LogP contribution in [0.2, 0.25) is 0 Å². The van der Waals surface area contributed by atoms with Crippen LogP contribution in [0.25, 0.3) is 10.9 Å². The first kappa shape index (κ1) is 28.4. The molecule has 1 fully saturated rings. The Hall–Kier alpha value is -3.59. The quantitative estimate of drug-likeness (QED) is 0.370. The van der Waals surface area contributed by atoms with E-state index in [1.54, 1.807) is 23.1 Å². The lowest BCUT2D eigenvalue weighted by Gasteiger charge is -2.32. The molecule has 2 aromatic carbocycles. The minimum absolute atomic E-state index is 0.0264. The largest absolute Gasteiger partial charge is 0.508 e. The number of amides is 3. The number of phenols is 1. The highest BCUT2D eigenvalue weighted by atomic mass is 79.9. The lowest BCUT2D eigenvalue weighted by Crippen LogP contribution is -2.48. The molecule has 2 N–H and O–H groups in total. The van der Waals surface area contributed by atoms with Gasteiger partial charge in [-0.1, -0.05) is 41.4 Å². The molecule has 0 spiro atoms. The predicted octanol–water partition coefficient (Wildman–Crippen LogP) is 5.14. The van der Waals surface area contributed by atoms with Crippen molar-refractivity contribution in [3.8, 4) is 5.75 Å². The summed E-state index contributed by atoms with van der Waals surface area (Å²) in [6.45, 7) is 7.38. The molecule has 5 rings (SSSR count). The fourth-order valence-electron chi connectivity index (χ4n) is 5.02. The van der Waals surface area contributed by atoms with E-state index in [-0.39, 0.29) is 23.6 Å². The molecule has 2 aliphatic heterocycles. The van der Waals surface area contributed by atoms with Gasteiger partial charge in [0.25, 0.3) is 0 Å². The summed E-state index contributed by atoms with van der Waals surface area (Å²) in [4.78, 5) is 43.2. The van der Waals surface area contributed by atoms with Crippen molar-refractivity contribution in [1.82, 2.24) is 19.7 Å². The van der Waals surface area contributed by atoms with Gasteiger partial charge in [-0.2, -0.15) is 0 Å². The van der Waals surface area contributed by atoms with Crippen molar-refractivity contribution in [2.24, 2.45) is 0 Å². The van der Waals surface area contributed by atoms with Gasteiger partial charge in [-0.3, -0.25) is 14.4 Å². The number of phenolic OH excluding ortho intramolecular Hbond substituents is 1. The maximum Gasteiger partial charge on any atom is 0.247 e. The number of nitrogens with one attached hydrogen (secondary N) is 1. The van der Waals surface area contributed by atoms with Crippen LogP contribution >= 0.6 is 15.9 Å². The van der Waals surface area contributed by atoms with E-state index in [0.717, 1.165) is 51.3 Å². The fraction of sp³-hybridized carbons (Fsp3) is 0.367. The number of aromatic amines is 1. The van der Waals surface area contributed by atoms with Crippen molar-refractivity contribution < 1.29 is 19.5 Å². The lowest BCUT2D eigenvalue weighted by atomic mass is 10.00. The van der Waals surface area contributed by atoms with E-state index in [9.17, 15) is 19.5 Å². The average Bonchev–Trinajstić information content (AvgIpc) is 3.47. The molecule has 9 heteroatoms. The maximum atomic E-state index is 12.5. The molecule has 39 heavy (non-hydrogen) atoms. The standard InChI is InChI=1S/C20H17BrN2O2.C10H18N2O2/c1-12-8-19(25)23(11-13-2-4-14(21)5-3-13)20(12)17-10-22-18-9-15(24)6-7-16(17)18;1-2-3-4-10(14)12-7-5-11(9-13)6-8-12/h2-10,20,22,24H,11H2,1H3;9H,2-8H2,1H3. The second kappa shape index (κ2) is 13.0. The van der Waals surface area contributed by atoms with Crippen molar-refractivity contribution in [2.45, 2.75) is 45.7 Å². The van der Waals surface area contributed by atoms with Gasteiger partial charge in [-0.05, 0) is 48.7 Å². The normalized spacial score (nSPS) is 17.2. The number of carbonyl (C=O) groups excluding carboxylic acids is 3. The number of hydrogen-bond donors (Lipinski definition) is 2. The Morgan fingerprint density at radius 2 is 1.85 bits per heavy atom. The van der Waals surface area contributed by atoms with E-state index in [1.807, 2.05) is 53.3 Å². The van der Waals surface area contributed by atoms with E-state index < -0.39 is 0 Å². The molecule has 1 saturated heterocycles. The Labute approximate surface area is 237 Å². The van der Waals surface area contributed by atoms with Crippen molar-refractivity contribution in [1.29, 1.82) is 0 Å². The van der Waals surface area contributed by atoms with Crippen LogP contribution in [0.15, 0.2) is 64.8 Å². The highest BCUT2D eigenvalue weighted by molar-refractivity contribution is 9.10. The van der Waals surface area contributed by atoms with Gasteiger partial charge in [0, 0.05) is 78.4 Å². The molecular weight excluding hydrogens is 560 g/mol. The number of halogens is 1. The number of piperazine rings is 1. The minimum atomic E-state index is -0.102. The molecule has 206 valence electrons. The Morgan fingerprint density at radius 1 is 1.13 bits per heavy atom. The number of carbonyl (C=O) groups is 3. The third-order valence-electron chi connectivity index (χ3n) is 7.20. The maximum absolute atomic E-state index is 12.5. The first-order valence-corrected chi connectivity index (χ1v) is 14.1. The Balaban J connectivity index is 0.000000215. The van der Waals surface area contributed by atoms with E-state index in [4.69, 9.17) is 0 Å². The smallest absolute Gasteiger partial charge is 0.247 e.